The van der Waals surface area contributed by atoms with Gasteiger partial charge in [0.15, 0.2) is 0 Å². The van der Waals surface area contributed by atoms with Crippen LogP contribution in [-0.4, -0.2) is 26.2 Å². The summed E-state index contributed by atoms with van der Waals surface area (Å²) in [5.41, 5.74) is 0.0888. The maximum Gasteiger partial charge on any atom is 0.416 e. The highest BCUT2D eigenvalue weighted by Crippen LogP contribution is 2.31. The molecule has 0 atom stereocenters. The van der Waals surface area contributed by atoms with Crippen molar-refractivity contribution in [1.82, 2.24) is 0 Å². The molecule has 2 nitrogen and oxygen atoms in total. The topological polar surface area (TPSA) is 7.68 Å². The first-order valence-electron chi connectivity index (χ1n) is 7.40. The standard InChI is InChI=1S/C16H16BrF3N2S/c17-13-9-15(23-11-13)10-21-4-6-22(7-5-21)14-3-1-2-12(8-14)16(18,19)20/h1-3,8-9,11H,4-7,10H2/p+1. The van der Waals surface area contributed by atoms with Crippen LogP contribution >= 0.6 is 27.3 Å². The number of hydrogen-bond acceptors (Lipinski definition) is 2. The van der Waals surface area contributed by atoms with Gasteiger partial charge in [-0.2, -0.15) is 13.2 Å². The maximum atomic E-state index is 12.8. The fraction of sp³-hybridized carbons (Fsp3) is 0.375. The van der Waals surface area contributed by atoms with Gasteiger partial charge in [0.05, 0.1) is 36.6 Å². The molecule has 124 valence electrons. The quantitative estimate of drug-likeness (QED) is 0.821. The largest absolute Gasteiger partial charge is 0.416 e. The lowest BCUT2D eigenvalue weighted by atomic mass is 10.1. The molecular weight excluding hydrogens is 389 g/mol. The van der Waals surface area contributed by atoms with Crippen molar-refractivity contribution in [3.05, 3.63) is 50.6 Å². The van der Waals surface area contributed by atoms with Crippen LogP contribution in [0.3, 0.4) is 0 Å². The Balaban J connectivity index is 1.60. The van der Waals surface area contributed by atoms with Crippen molar-refractivity contribution in [1.29, 1.82) is 0 Å². The summed E-state index contributed by atoms with van der Waals surface area (Å²) in [7, 11) is 0. The minimum absolute atomic E-state index is 0.576. The van der Waals surface area contributed by atoms with Gasteiger partial charge in [-0.15, -0.1) is 11.3 Å². The van der Waals surface area contributed by atoms with Gasteiger partial charge in [0, 0.05) is 15.5 Å². The summed E-state index contributed by atoms with van der Waals surface area (Å²) in [6.07, 6.45) is -4.28. The maximum absolute atomic E-state index is 12.8. The second kappa shape index (κ2) is 6.83. The number of anilines is 1. The molecule has 23 heavy (non-hydrogen) atoms. The SMILES string of the molecule is FC(F)(F)c1cccc(N2CC[NH+](Cc3cc(Br)cs3)CC2)c1. The van der Waals surface area contributed by atoms with Crippen molar-refractivity contribution in [2.45, 2.75) is 12.7 Å². The van der Waals surface area contributed by atoms with Crippen LogP contribution in [0.4, 0.5) is 18.9 Å². The van der Waals surface area contributed by atoms with E-state index in [0.717, 1.165) is 43.3 Å². The number of nitrogens with zero attached hydrogens (tertiary/aromatic N) is 1. The van der Waals surface area contributed by atoms with E-state index in [0.29, 0.717) is 5.69 Å². The number of quaternary nitrogens is 1. The van der Waals surface area contributed by atoms with E-state index in [1.165, 1.54) is 21.9 Å². The van der Waals surface area contributed by atoms with Crippen molar-refractivity contribution in [2.24, 2.45) is 0 Å². The molecule has 1 saturated heterocycles. The van der Waals surface area contributed by atoms with Crippen LogP contribution < -0.4 is 9.80 Å². The van der Waals surface area contributed by atoms with Crippen molar-refractivity contribution < 1.29 is 18.1 Å². The molecule has 0 bridgehead atoms. The van der Waals surface area contributed by atoms with Crippen LogP contribution in [0.25, 0.3) is 0 Å². The van der Waals surface area contributed by atoms with E-state index in [1.807, 2.05) is 4.90 Å². The molecule has 1 aliphatic rings. The number of rotatable bonds is 3. The lowest BCUT2D eigenvalue weighted by molar-refractivity contribution is -0.914. The van der Waals surface area contributed by atoms with Gasteiger partial charge >= 0.3 is 6.18 Å². The van der Waals surface area contributed by atoms with E-state index in [2.05, 4.69) is 27.4 Å². The van der Waals surface area contributed by atoms with Gasteiger partial charge in [0.2, 0.25) is 0 Å². The van der Waals surface area contributed by atoms with Gasteiger partial charge in [0.1, 0.15) is 6.54 Å². The van der Waals surface area contributed by atoms with Crippen LogP contribution in [0.5, 0.6) is 0 Å². The van der Waals surface area contributed by atoms with E-state index in [1.54, 1.807) is 17.4 Å². The van der Waals surface area contributed by atoms with Gasteiger partial charge in [-0.25, -0.2) is 0 Å². The van der Waals surface area contributed by atoms with Crippen LogP contribution in [0.2, 0.25) is 0 Å². The highest BCUT2D eigenvalue weighted by atomic mass is 79.9. The van der Waals surface area contributed by atoms with Gasteiger partial charge in [-0.1, -0.05) is 6.07 Å². The molecule has 1 aromatic carbocycles. The number of thiophene rings is 1. The van der Waals surface area contributed by atoms with Gasteiger partial charge < -0.3 is 9.80 Å². The summed E-state index contributed by atoms with van der Waals surface area (Å²) in [5, 5.41) is 2.08. The van der Waals surface area contributed by atoms with Gasteiger partial charge in [-0.05, 0) is 40.2 Å². The van der Waals surface area contributed by atoms with E-state index in [9.17, 15) is 13.2 Å². The first-order valence-corrected chi connectivity index (χ1v) is 9.08. The number of alkyl halides is 3. The lowest BCUT2D eigenvalue weighted by Gasteiger charge is -2.33. The van der Waals surface area contributed by atoms with Crippen molar-refractivity contribution in [3.63, 3.8) is 0 Å². The predicted octanol–water partition coefficient (Wildman–Crippen LogP) is 3.43. The van der Waals surface area contributed by atoms with E-state index in [-0.39, 0.29) is 0 Å². The molecule has 0 radical (unpaired) electrons. The third-order valence-corrected chi connectivity index (χ3v) is 5.75. The average molecular weight is 406 g/mol. The molecular formula is C16H17BrF3N2S+. The molecule has 0 amide bonds. The highest BCUT2D eigenvalue weighted by molar-refractivity contribution is 9.10. The number of piperazine rings is 1. The molecule has 3 rings (SSSR count). The Hall–Kier alpha value is -1.05. The summed E-state index contributed by atoms with van der Waals surface area (Å²) in [6, 6.07) is 7.76. The summed E-state index contributed by atoms with van der Waals surface area (Å²) in [6.45, 7) is 4.41. The van der Waals surface area contributed by atoms with Crippen LogP contribution in [0.1, 0.15) is 10.4 Å². The molecule has 0 saturated carbocycles. The minimum Gasteiger partial charge on any atom is -0.360 e. The Kier molecular flexibility index (Phi) is 4.98. The Morgan fingerprint density at radius 1 is 1.17 bits per heavy atom. The predicted molar refractivity (Wildman–Crippen MR) is 90.1 cm³/mol. The minimum atomic E-state index is -4.28. The Morgan fingerprint density at radius 3 is 2.52 bits per heavy atom. The number of hydrogen-bond donors (Lipinski definition) is 1. The zero-order valence-electron chi connectivity index (χ0n) is 12.4. The normalized spacial score (nSPS) is 16.8. The van der Waals surface area contributed by atoms with Gasteiger partial charge in [-0.3, -0.25) is 0 Å². The summed E-state index contributed by atoms with van der Waals surface area (Å²) in [4.78, 5) is 4.85. The van der Waals surface area contributed by atoms with Crippen molar-refractivity contribution in [3.8, 4) is 0 Å². The van der Waals surface area contributed by atoms with Crippen molar-refractivity contribution >= 4 is 33.0 Å². The number of nitrogens with one attached hydrogen (secondary N) is 1. The molecule has 1 aliphatic heterocycles. The molecule has 1 fully saturated rings. The zero-order chi connectivity index (χ0) is 16.4. The highest BCUT2D eigenvalue weighted by Gasteiger charge is 2.31. The number of benzene rings is 1. The van der Waals surface area contributed by atoms with E-state index >= 15 is 0 Å². The molecule has 2 aromatic rings. The van der Waals surface area contributed by atoms with Crippen LogP contribution in [0, 0.1) is 0 Å². The monoisotopic (exact) mass is 405 g/mol. The molecule has 0 unspecified atom stereocenters. The van der Waals surface area contributed by atoms with Crippen LogP contribution in [0.15, 0.2) is 40.2 Å². The summed E-state index contributed by atoms with van der Waals surface area (Å²) in [5.74, 6) is 0. The van der Waals surface area contributed by atoms with Gasteiger partial charge in [0.25, 0.3) is 0 Å². The molecule has 0 aliphatic carbocycles. The Labute approximate surface area is 145 Å². The molecule has 1 N–H and O–H groups in total. The van der Waals surface area contributed by atoms with Crippen LogP contribution in [-0.2, 0) is 12.7 Å². The summed E-state index contributed by atoms with van der Waals surface area (Å²) < 4.78 is 39.6. The average Bonchev–Trinajstić information content (AvgIpc) is 2.92. The lowest BCUT2D eigenvalue weighted by Crippen LogP contribution is -3.13. The third-order valence-electron chi connectivity index (χ3n) is 4.06. The summed E-state index contributed by atoms with van der Waals surface area (Å²) >= 11 is 5.20. The van der Waals surface area contributed by atoms with Crippen molar-refractivity contribution in [2.75, 3.05) is 31.1 Å². The van der Waals surface area contributed by atoms with E-state index in [4.69, 9.17) is 0 Å². The molecule has 7 heteroatoms. The first kappa shape index (κ1) is 16.8. The van der Waals surface area contributed by atoms with E-state index < -0.39 is 11.7 Å². The molecule has 2 heterocycles. The smallest absolute Gasteiger partial charge is 0.360 e. The Morgan fingerprint density at radius 2 is 1.91 bits per heavy atom. The molecule has 1 aromatic heterocycles. The number of halogens is 4. The first-order chi connectivity index (χ1) is 10.9. The zero-order valence-corrected chi connectivity index (χ0v) is 14.8. The second-order valence-corrected chi connectivity index (χ2v) is 7.60. The fourth-order valence-corrected chi connectivity index (χ4v) is 4.35. The fourth-order valence-electron chi connectivity index (χ4n) is 2.83. The third kappa shape index (κ3) is 4.28. The Bertz CT molecular complexity index is 663. The second-order valence-electron chi connectivity index (χ2n) is 5.69. The molecule has 0 spiro atoms.